The van der Waals surface area contributed by atoms with Crippen molar-refractivity contribution in [3.05, 3.63) is 46.2 Å². The lowest BCUT2D eigenvalue weighted by Gasteiger charge is -2.35. The maximum atomic E-state index is 15.0. The number of carbonyl (C=O) groups excluding carboxylic acids is 1. The molecule has 3 aromatic rings. The molecule has 0 radical (unpaired) electrons. The van der Waals surface area contributed by atoms with Gasteiger partial charge >= 0.3 is 0 Å². The third kappa shape index (κ3) is 4.80. The van der Waals surface area contributed by atoms with Crippen LogP contribution in [0.15, 0.2) is 34.8 Å². The molecule has 33 heavy (non-hydrogen) atoms. The van der Waals surface area contributed by atoms with Crippen molar-refractivity contribution in [2.24, 2.45) is 0 Å². The number of anilines is 2. The third-order valence-corrected chi connectivity index (χ3v) is 6.28. The summed E-state index contributed by atoms with van der Waals surface area (Å²) in [6.45, 7) is 2.14. The molecule has 1 amide bonds. The lowest BCUT2D eigenvalue weighted by atomic mass is 10.1. The van der Waals surface area contributed by atoms with Gasteiger partial charge in [-0.3, -0.25) is 4.79 Å². The van der Waals surface area contributed by atoms with E-state index in [1.54, 1.807) is 6.07 Å². The molecule has 2 N–H and O–H groups in total. The van der Waals surface area contributed by atoms with Gasteiger partial charge in [0.15, 0.2) is 17.3 Å². The van der Waals surface area contributed by atoms with E-state index in [1.165, 1.54) is 14.2 Å². The Morgan fingerprint density at radius 2 is 1.82 bits per heavy atom. The Bertz CT molecular complexity index is 1170. The quantitative estimate of drug-likeness (QED) is 0.535. The van der Waals surface area contributed by atoms with Crippen molar-refractivity contribution in [3.8, 4) is 11.5 Å². The number of amides is 1. The zero-order chi connectivity index (χ0) is 23.5. The zero-order valence-corrected chi connectivity index (χ0v) is 20.1. The van der Waals surface area contributed by atoms with E-state index in [1.807, 2.05) is 34.1 Å². The largest absolute Gasteiger partial charge is 0.493 e. The molecule has 174 valence electrons. The standard InChI is InChI=1S/C23H25BrFN5O3/c1-32-17-13-16-20(19(25)21(17)33-2)27-23(28-22(16)26)30-11-9-29(10-12-30)18(31)8-5-14-3-6-15(24)7-4-14/h3-4,6-7,13H,5,8-12H2,1-2H3,(H2,26,27,28). The van der Waals surface area contributed by atoms with Gasteiger partial charge in [-0.1, -0.05) is 28.1 Å². The number of halogens is 2. The van der Waals surface area contributed by atoms with Gasteiger partial charge in [0.2, 0.25) is 11.9 Å². The van der Waals surface area contributed by atoms with Gasteiger partial charge in [0.05, 0.1) is 14.2 Å². The summed E-state index contributed by atoms with van der Waals surface area (Å²) in [6.07, 6.45) is 1.15. The lowest BCUT2D eigenvalue weighted by molar-refractivity contribution is -0.131. The number of carbonyl (C=O) groups is 1. The van der Waals surface area contributed by atoms with E-state index >= 15 is 4.39 Å². The average molecular weight is 518 g/mol. The number of methoxy groups -OCH3 is 2. The van der Waals surface area contributed by atoms with Crippen LogP contribution in [-0.4, -0.2) is 61.2 Å². The fraction of sp³-hybridized carbons (Fsp3) is 0.348. The van der Waals surface area contributed by atoms with Crippen molar-refractivity contribution in [1.82, 2.24) is 14.9 Å². The molecule has 1 saturated heterocycles. The second-order valence-electron chi connectivity index (χ2n) is 7.73. The molecule has 0 saturated carbocycles. The Hall–Kier alpha value is -3.14. The topological polar surface area (TPSA) is 93.8 Å². The minimum absolute atomic E-state index is 0.0322. The smallest absolute Gasteiger partial charge is 0.228 e. The molecule has 0 unspecified atom stereocenters. The van der Waals surface area contributed by atoms with Gasteiger partial charge in [0, 0.05) is 42.5 Å². The second kappa shape index (κ2) is 9.78. The summed E-state index contributed by atoms with van der Waals surface area (Å²) < 4.78 is 26.4. The molecular formula is C23H25BrFN5O3. The van der Waals surface area contributed by atoms with Crippen LogP contribution in [0.25, 0.3) is 10.9 Å². The van der Waals surface area contributed by atoms with Crippen LogP contribution in [0.1, 0.15) is 12.0 Å². The van der Waals surface area contributed by atoms with Crippen LogP contribution in [0.4, 0.5) is 16.2 Å². The van der Waals surface area contributed by atoms with Crippen LogP contribution in [0.2, 0.25) is 0 Å². The van der Waals surface area contributed by atoms with E-state index < -0.39 is 5.82 Å². The van der Waals surface area contributed by atoms with Crippen molar-refractivity contribution in [3.63, 3.8) is 0 Å². The van der Waals surface area contributed by atoms with Crippen molar-refractivity contribution < 1.29 is 18.7 Å². The molecular weight excluding hydrogens is 493 g/mol. The van der Waals surface area contributed by atoms with E-state index in [4.69, 9.17) is 15.2 Å². The first-order valence-corrected chi connectivity index (χ1v) is 11.4. The van der Waals surface area contributed by atoms with E-state index in [2.05, 4.69) is 25.9 Å². The zero-order valence-electron chi connectivity index (χ0n) is 18.5. The van der Waals surface area contributed by atoms with Crippen molar-refractivity contribution in [1.29, 1.82) is 0 Å². The van der Waals surface area contributed by atoms with Gasteiger partial charge in [0.1, 0.15) is 11.3 Å². The normalized spacial score (nSPS) is 13.9. The molecule has 1 aromatic heterocycles. The van der Waals surface area contributed by atoms with Gasteiger partial charge in [-0.15, -0.1) is 0 Å². The first kappa shape index (κ1) is 23.0. The number of hydrogen-bond acceptors (Lipinski definition) is 7. The van der Waals surface area contributed by atoms with Gasteiger partial charge in [-0.2, -0.15) is 4.98 Å². The highest BCUT2D eigenvalue weighted by Gasteiger charge is 2.25. The fourth-order valence-electron chi connectivity index (χ4n) is 3.90. The van der Waals surface area contributed by atoms with E-state index in [0.717, 1.165) is 10.0 Å². The Kier molecular flexibility index (Phi) is 6.83. The van der Waals surface area contributed by atoms with Crippen LogP contribution < -0.4 is 20.1 Å². The SMILES string of the molecule is COc1cc2c(N)nc(N3CCN(C(=O)CCc4ccc(Br)cc4)CC3)nc2c(F)c1OC. The number of piperazine rings is 1. The molecule has 1 aliphatic heterocycles. The fourth-order valence-corrected chi connectivity index (χ4v) is 4.16. The van der Waals surface area contributed by atoms with Crippen LogP contribution in [0.3, 0.4) is 0 Å². The number of benzene rings is 2. The summed E-state index contributed by atoms with van der Waals surface area (Å²) in [6, 6.07) is 9.55. The second-order valence-corrected chi connectivity index (χ2v) is 8.64. The minimum atomic E-state index is -0.649. The van der Waals surface area contributed by atoms with E-state index in [-0.39, 0.29) is 28.7 Å². The van der Waals surface area contributed by atoms with Crippen molar-refractivity contribution in [2.75, 3.05) is 51.0 Å². The Morgan fingerprint density at radius 3 is 2.45 bits per heavy atom. The maximum absolute atomic E-state index is 15.0. The van der Waals surface area contributed by atoms with Gasteiger partial charge in [0.25, 0.3) is 0 Å². The van der Waals surface area contributed by atoms with E-state index in [9.17, 15) is 4.79 Å². The maximum Gasteiger partial charge on any atom is 0.228 e. The van der Waals surface area contributed by atoms with Crippen LogP contribution >= 0.6 is 15.9 Å². The highest BCUT2D eigenvalue weighted by molar-refractivity contribution is 9.10. The molecule has 10 heteroatoms. The van der Waals surface area contributed by atoms with Crippen molar-refractivity contribution in [2.45, 2.75) is 12.8 Å². The van der Waals surface area contributed by atoms with Gasteiger partial charge < -0.3 is 25.0 Å². The summed E-state index contributed by atoms with van der Waals surface area (Å²) in [5, 5.41) is 0.357. The average Bonchev–Trinajstić information content (AvgIpc) is 2.83. The van der Waals surface area contributed by atoms with E-state index in [0.29, 0.717) is 50.4 Å². The number of hydrogen-bond donors (Lipinski definition) is 1. The first-order valence-electron chi connectivity index (χ1n) is 10.6. The molecule has 0 bridgehead atoms. The number of aromatic nitrogens is 2. The first-order chi connectivity index (χ1) is 15.9. The van der Waals surface area contributed by atoms with Crippen LogP contribution in [-0.2, 0) is 11.2 Å². The number of fused-ring (bicyclic) bond motifs is 1. The predicted molar refractivity (Wildman–Crippen MR) is 128 cm³/mol. The molecule has 4 rings (SSSR count). The number of aryl methyl sites for hydroxylation is 1. The Labute approximate surface area is 199 Å². The molecule has 1 aliphatic rings. The Morgan fingerprint density at radius 1 is 1.12 bits per heavy atom. The number of nitrogens with zero attached hydrogens (tertiary/aromatic N) is 4. The third-order valence-electron chi connectivity index (χ3n) is 5.75. The van der Waals surface area contributed by atoms with Crippen LogP contribution in [0.5, 0.6) is 11.5 Å². The van der Waals surface area contributed by atoms with Gasteiger partial charge in [-0.25, -0.2) is 9.37 Å². The Balaban J connectivity index is 1.44. The number of ether oxygens (including phenoxy) is 2. The summed E-state index contributed by atoms with van der Waals surface area (Å²) >= 11 is 3.42. The highest BCUT2D eigenvalue weighted by Crippen LogP contribution is 2.37. The lowest BCUT2D eigenvalue weighted by Crippen LogP contribution is -2.49. The molecule has 2 heterocycles. The molecule has 0 atom stereocenters. The predicted octanol–water partition coefficient (Wildman–Crippen LogP) is 3.41. The number of nitrogen functional groups attached to an aromatic ring is 1. The molecule has 2 aromatic carbocycles. The van der Waals surface area contributed by atoms with Crippen molar-refractivity contribution >= 4 is 44.5 Å². The number of rotatable bonds is 6. The van der Waals surface area contributed by atoms with Gasteiger partial charge in [-0.05, 0) is 30.2 Å². The summed E-state index contributed by atoms with van der Waals surface area (Å²) in [7, 11) is 2.79. The summed E-state index contributed by atoms with van der Waals surface area (Å²) in [5.41, 5.74) is 7.32. The molecule has 0 spiro atoms. The van der Waals surface area contributed by atoms with Crippen LogP contribution in [0, 0.1) is 5.82 Å². The highest BCUT2D eigenvalue weighted by atomic mass is 79.9. The summed E-state index contributed by atoms with van der Waals surface area (Å²) in [5.74, 6) is 0.135. The monoisotopic (exact) mass is 517 g/mol. The summed E-state index contributed by atoms with van der Waals surface area (Å²) in [4.78, 5) is 25.2. The minimum Gasteiger partial charge on any atom is -0.493 e. The molecule has 0 aliphatic carbocycles. The molecule has 1 fully saturated rings. The number of nitrogens with two attached hydrogens (primary N) is 1. The molecule has 8 nitrogen and oxygen atoms in total.